The fourth-order valence-corrected chi connectivity index (χ4v) is 3.63. The third-order valence-electron chi connectivity index (χ3n) is 3.21. The molecule has 1 heterocycles. The Morgan fingerprint density at radius 1 is 0.842 bits per heavy atom. The van der Waals surface area contributed by atoms with Crippen LogP contribution in [-0.2, 0) is 0 Å². The van der Waals surface area contributed by atoms with Gasteiger partial charge in [0.15, 0.2) is 0 Å². The van der Waals surface area contributed by atoms with E-state index in [-0.39, 0.29) is 0 Å². The molecule has 0 saturated carbocycles. The van der Waals surface area contributed by atoms with Crippen molar-refractivity contribution in [1.82, 2.24) is 0 Å². The van der Waals surface area contributed by atoms with Crippen LogP contribution in [0, 0.1) is 0 Å². The molecule has 0 spiro atoms. The molecule has 2 aromatic rings. The fraction of sp³-hybridized carbons (Fsp3) is 0.111. The lowest BCUT2D eigenvalue weighted by Gasteiger charge is -2.21. The molecule has 1 aliphatic heterocycles. The molecule has 94 valence electrons. The van der Waals surface area contributed by atoms with Gasteiger partial charge in [0.2, 0.25) is 0 Å². The van der Waals surface area contributed by atoms with Crippen LogP contribution < -0.4 is 0 Å². The van der Waals surface area contributed by atoms with Crippen LogP contribution in [0.25, 0.3) is 4.91 Å². The maximum atomic E-state index is 2.34. The first kappa shape index (κ1) is 12.3. The third kappa shape index (κ3) is 2.82. The second-order valence-electron chi connectivity index (χ2n) is 4.73. The van der Waals surface area contributed by atoms with E-state index < -0.39 is 0 Å². The van der Waals surface area contributed by atoms with Crippen LogP contribution in [0.1, 0.15) is 23.3 Å². The van der Waals surface area contributed by atoms with Gasteiger partial charge in [-0.05, 0) is 24.1 Å². The first-order chi connectivity index (χ1) is 9.33. The van der Waals surface area contributed by atoms with E-state index in [0.29, 0.717) is 5.25 Å². The van der Waals surface area contributed by atoms with Gasteiger partial charge in [-0.3, -0.25) is 0 Å². The lowest BCUT2D eigenvalue weighted by atomic mass is 10.1. The van der Waals surface area contributed by atoms with Crippen molar-refractivity contribution in [3.63, 3.8) is 0 Å². The summed E-state index contributed by atoms with van der Waals surface area (Å²) in [5, 5.41) is 0.418. The Labute approximate surface area is 118 Å². The molecule has 0 aromatic heterocycles. The Hall–Kier alpha value is -1.73. The Kier molecular flexibility index (Phi) is 3.56. The van der Waals surface area contributed by atoms with Crippen LogP contribution in [0.4, 0.5) is 0 Å². The number of hydrogen-bond acceptors (Lipinski definition) is 1. The highest BCUT2D eigenvalue weighted by molar-refractivity contribution is 8.08. The smallest absolute Gasteiger partial charge is 0.0530 e. The van der Waals surface area contributed by atoms with Gasteiger partial charge in [0.05, 0.1) is 5.25 Å². The van der Waals surface area contributed by atoms with Gasteiger partial charge in [0.25, 0.3) is 0 Å². The zero-order valence-corrected chi connectivity index (χ0v) is 11.7. The predicted molar refractivity (Wildman–Crippen MR) is 85.0 cm³/mol. The minimum Gasteiger partial charge on any atom is -0.113 e. The van der Waals surface area contributed by atoms with E-state index in [0.717, 1.165) is 0 Å². The summed E-state index contributed by atoms with van der Waals surface area (Å²) < 4.78 is 0. The molecule has 0 N–H and O–H groups in total. The monoisotopic (exact) mass is 264 g/mol. The topological polar surface area (TPSA) is 0 Å². The largest absolute Gasteiger partial charge is 0.113 e. The third-order valence-corrected chi connectivity index (χ3v) is 4.48. The molecule has 1 unspecified atom stereocenters. The molecule has 0 bridgehead atoms. The average molecular weight is 264 g/mol. The molecule has 3 rings (SSSR count). The quantitative estimate of drug-likeness (QED) is 0.694. The maximum Gasteiger partial charge on any atom is 0.0530 e. The zero-order valence-electron chi connectivity index (χ0n) is 10.9. The number of thioether (sulfide) groups is 1. The Morgan fingerprint density at radius 2 is 1.47 bits per heavy atom. The summed E-state index contributed by atoms with van der Waals surface area (Å²) in [5.74, 6) is 0. The molecular formula is C18H16S. The van der Waals surface area contributed by atoms with Gasteiger partial charge in [-0.15, -0.1) is 11.8 Å². The zero-order chi connectivity index (χ0) is 13.1. The van der Waals surface area contributed by atoms with Crippen LogP contribution in [0.3, 0.4) is 0 Å². The summed E-state index contributed by atoms with van der Waals surface area (Å²) >= 11 is 1.93. The molecule has 19 heavy (non-hydrogen) atoms. The van der Waals surface area contributed by atoms with Crippen LogP contribution >= 0.6 is 11.8 Å². The summed E-state index contributed by atoms with van der Waals surface area (Å²) in [5.41, 5.74) is 4.01. The normalized spacial score (nSPS) is 18.7. The second kappa shape index (κ2) is 5.50. The van der Waals surface area contributed by atoms with Gasteiger partial charge in [0, 0.05) is 4.91 Å². The van der Waals surface area contributed by atoms with E-state index in [1.807, 2.05) is 11.8 Å². The SMILES string of the molecule is CC1=CC(c2ccccc2)SC(c2ccccc2)=C1. The molecule has 2 aromatic carbocycles. The van der Waals surface area contributed by atoms with Crippen molar-refractivity contribution in [3.05, 3.63) is 89.5 Å². The van der Waals surface area contributed by atoms with Crippen molar-refractivity contribution in [2.75, 3.05) is 0 Å². The van der Waals surface area contributed by atoms with Crippen LogP contribution in [0.5, 0.6) is 0 Å². The molecule has 0 saturated heterocycles. The Bertz CT molecular complexity index is 609. The highest BCUT2D eigenvalue weighted by atomic mass is 32.2. The molecule has 0 aliphatic carbocycles. The molecule has 0 nitrogen and oxygen atoms in total. The summed E-state index contributed by atoms with van der Waals surface area (Å²) in [6, 6.07) is 21.3. The lowest BCUT2D eigenvalue weighted by molar-refractivity contribution is 1.20. The molecule has 1 atom stereocenters. The molecule has 0 radical (unpaired) electrons. The maximum absolute atomic E-state index is 2.34. The second-order valence-corrected chi connectivity index (χ2v) is 5.92. The van der Waals surface area contributed by atoms with Crippen LogP contribution in [0.15, 0.2) is 78.4 Å². The van der Waals surface area contributed by atoms with Crippen molar-refractivity contribution in [1.29, 1.82) is 0 Å². The number of allylic oxidation sites excluding steroid dienone is 2. The Morgan fingerprint density at radius 3 is 2.16 bits per heavy atom. The lowest BCUT2D eigenvalue weighted by Crippen LogP contribution is -1.96. The molecule has 1 aliphatic rings. The highest BCUT2D eigenvalue weighted by Crippen LogP contribution is 2.44. The standard InChI is InChI=1S/C18H16S/c1-14-12-17(15-8-4-2-5-9-15)19-18(13-14)16-10-6-3-7-11-16/h2-13,17H,1H3. The average Bonchev–Trinajstić information content (AvgIpc) is 2.48. The number of benzene rings is 2. The fourth-order valence-electron chi connectivity index (χ4n) is 2.26. The summed E-state index contributed by atoms with van der Waals surface area (Å²) in [6.07, 6.45) is 4.62. The van der Waals surface area contributed by atoms with E-state index in [4.69, 9.17) is 0 Å². The summed E-state index contributed by atoms with van der Waals surface area (Å²) in [4.78, 5) is 1.36. The summed E-state index contributed by atoms with van der Waals surface area (Å²) in [6.45, 7) is 2.18. The number of hydrogen-bond donors (Lipinski definition) is 0. The van der Waals surface area contributed by atoms with Gasteiger partial charge in [-0.2, -0.15) is 0 Å². The van der Waals surface area contributed by atoms with Gasteiger partial charge in [-0.1, -0.05) is 72.3 Å². The Balaban J connectivity index is 1.92. The highest BCUT2D eigenvalue weighted by Gasteiger charge is 2.17. The van der Waals surface area contributed by atoms with E-state index in [1.165, 1.54) is 21.6 Å². The number of rotatable bonds is 2. The molecule has 1 heteroatoms. The van der Waals surface area contributed by atoms with Gasteiger partial charge < -0.3 is 0 Å². The van der Waals surface area contributed by atoms with E-state index in [2.05, 4.69) is 79.7 Å². The van der Waals surface area contributed by atoms with Gasteiger partial charge in [0.1, 0.15) is 0 Å². The van der Waals surface area contributed by atoms with Crippen molar-refractivity contribution in [2.45, 2.75) is 12.2 Å². The van der Waals surface area contributed by atoms with Crippen LogP contribution in [-0.4, -0.2) is 0 Å². The van der Waals surface area contributed by atoms with Gasteiger partial charge >= 0.3 is 0 Å². The minimum absolute atomic E-state index is 0.418. The van der Waals surface area contributed by atoms with E-state index in [9.17, 15) is 0 Å². The minimum atomic E-state index is 0.418. The first-order valence-electron chi connectivity index (χ1n) is 6.50. The van der Waals surface area contributed by atoms with Crippen molar-refractivity contribution in [2.24, 2.45) is 0 Å². The van der Waals surface area contributed by atoms with Crippen molar-refractivity contribution >= 4 is 16.7 Å². The van der Waals surface area contributed by atoms with E-state index >= 15 is 0 Å². The van der Waals surface area contributed by atoms with Crippen molar-refractivity contribution < 1.29 is 0 Å². The first-order valence-corrected chi connectivity index (χ1v) is 7.38. The van der Waals surface area contributed by atoms with Crippen LogP contribution in [0.2, 0.25) is 0 Å². The molecule has 0 fully saturated rings. The van der Waals surface area contributed by atoms with E-state index in [1.54, 1.807) is 0 Å². The predicted octanol–water partition coefficient (Wildman–Crippen LogP) is 5.46. The van der Waals surface area contributed by atoms with Gasteiger partial charge in [-0.25, -0.2) is 0 Å². The van der Waals surface area contributed by atoms with Crippen molar-refractivity contribution in [3.8, 4) is 0 Å². The summed E-state index contributed by atoms with van der Waals surface area (Å²) in [7, 11) is 0. The molecule has 0 amide bonds. The molecular weight excluding hydrogens is 248 g/mol.